The van der Waals surface area contributed by atoms with Crippen molar-refractivity contribution >= 4 is 33.2 Å². The molecule has 3 rings (SSSR count). The number of fused-ring (bicyclic) bond motifs is 1. The van der Waals surface area contributed by atoms with Gasteiger partial charge in [0.25, 0.3) is 0 Å². The molecule has 0 saturated carbocycles. The van der Waals surface area contributed by atoms with Crippen molar-refractivity contribution in [2.75, 3.05) is 27.2 Å². The lowest BCUT2D eigenvalue weighted by molar-refractivity contribution is 0.296. The van der Waals surface area contributed by atoms with Gasteiger partial charge in [0.1, 0.15) is 5.75 Å². The smallest absolute Gasteiger partial charge is 0.243 e. The van der Waals surface area contributed by atoms with E-state index in [4.69, 9.17) is 4.74 Å². The second-order valence-corrected chi connectivity index (χ2v) is 7.78. The maximum atomic E-state index is 13.1. The predicted octanol–water partition coefficient (Wildman–Crippen LogP) is 2.64. The summed E-state index contributed by atoms with van der Waals surface area (Å²) in [6.45, 7) is 1.71. The van der Waals surface area contributed by atoms with Crippen LogP contribution in [0.1, 0.15) is 12.8 Å². The summed E-state index contributed by atoms with van der Waals surface area (Å²) in [5.74, 6) is 0.684. The van der Waals surface area contributed by atoms with E-state index in [1.165, 1.54) is 4.31 Å². The summed E-state index contributed by atoms with van der Waals surface area (Å²) < 4.78 is 33.1. The summed E-state index contributed by atoms with van der Waals surface area (Å²) >= 11 is 0. The summed E-state index contributed by atoms with van der Waals surface area (Å²) in [5, 5.41) is 4.78. The van der Waals surface area contributed by atoms with Crippen molar-refractivity contribution in [1.82, 2.24) is 9.62 Å². The Labute approximate surface area is 149 Å². The number of rotatable bonds is 4. The van der Waals surface area contributed by atoms with Crippen LogP contribution in [0, 0.1) is 0 Å². The molecule has 1 heterocycles. The molecule has 24 heavy (non-hydrogen) atoms. The zero-order chi connectivity index (χ0) is 16.4. The second kappa shape index (κ2) is 7.70. The van der Waals surface area contributed by atoms with Crippen molar-refractivity contribution in [2.45, 2.75) is 23.8 Å². The molecule has 1 fully saturated rings. The third-order valence-electron chi connectivity index (χ3n) is 4.54. The van der Waals surface area contributed by atoms with E-state index >= 15 is 0 Å². The van der Waals surface area contributed by atoms with Crippen molar-refractivity contribution in [3.8, 4) is 5.75 Å². The monoisotopic (exact) mass is 370 g/mol. The highest BCUT2D eigenvalue weighted by Crippen LogP contribution is 2.33. The van der Waals surface area contributed by atoms with Gasteiger partial charge in [0, 0.05) is 23.9 Å². The molecule has 1 aliphatic heterocycles. The summed E-state index contributed by atoms with van der Waals surface area (Å²) in [7, 11) is -0.261. The van der Waals surface area contributed by atoms with Crippen molar-refractivity contribution in [3.05, 3.63) is 36.4 Å². The van der Waals surface area contributed by atoms with Gasteiger partial charge in [0.2, 0.25) is 10.0 Å². The van der Waals surface area contributed by atoms with Crippen molar-refractivity contribution in [2.24, 2.45) is 0 Å². The first kappa shape index (κ1) is 19.0. The van der Waals surface area contributed by atoms with Crippen LogP contribution in [0.15, 0.2) is 41.3 Å². The van der Waals surface area contributed by atoms with Gasteiger partial charge in [-0.25, -0.2) is 8.42 Å². The quantitative estimate of drug-likeness (QED) is 0.898. The van der Waals surface area contributed by atoms with Crippen molar-refractivity contribution in [1.29, 1.82) is 0 Å². The molecule has 0 unspecified atom stereocenters. The number of methoxy groups -OCH3 is 1. The SMILES string of the molecule is COc1ccc(S(=O)(=O)N(C)C2CCNCC2)c2ccccc12.Cl. The Hall–Kier alpha value is -1.34. The number of sulfonamides is 1. The molecule has 2 aromatic carbocycles. The van der Waals surface area contributed by atoms with Crippen molar-refractivity contribution in [3.63, 3.8) is 0 Å². The first-order valence-electron chi connectivity index (χ1n) is 7.80. The number of nitrogens with zero attached hydrogens (tertiary/aromatic N) is 1. The average molecular weight is 371 g/mol. The van der Waals surface area contributed by atoms with E-state index in [1.807, 2.05) is 24.3 Å². The van der Waals surface area contributed by atoms with Crippen LogP contribution < -0.4 is 10.1 Å². The first-order chi connectivity index (χ1) is 11.1. The lowest BCUT2D eigenvalue weighted by Gasteiger charge is -2.31. The molecule has 0 radical (unpaired) electrons. The van der Waals surface area contributed by atoms with E-state index in [0.29, 0.717) is 16.0 Å². The van der Waals surface area contributed by atoms with Gasteiger partial charge in [-0.2, -0.15) is 4.31 Å². The van der Waals surface area contributed by atoms with Crippen molar-refractivity contribution < 1.29 is 13.2 Å². The fourth-order valence-electron chi connectivity index (χ4n) is 3.17. The van der Waals surface area contributed by atoms with Gasteiger partial charge in [0.15, 0.2) is 0 Å². The Morgan fingerprint density at radius 2 is 1.71 bits per heavy atom. The zero-order valence-electron chi connectivity index (χ0n) is 13.9. The number of hydrogen-bond donors (Lipinski definition) is 1. The van der Waals surface area contributed by atoms with Crippen LogP contribution in [-0.4, -0.2) is 46.0 Å². The largest absolute Gasteiger partial charge is 0.496 e. The predicted molar refractivity (Wildman–Crippen MR) is 98.6 cm³/mol. The average Bonchev–Trinajstić information content (AvgIpc) is 2.60. The van der Waals surface area contributed by atoms with Crippen LogP contribution in [0.25, 0.3) is 10.8 Å². The molecule has 0 aliphatic carbocycles. The van der Waals surface area contributed by atoms with Gasteiger partial charge in [-0.1, -0.05) is 24.3 Å². The molecule has 5 nitrogen and oxygen atoms in total. The summed E-state index contributed by atoms with van der Waals surface area (Å²) in [6, 6.07) is 10.9. The third-order valence-corrected chi connectivity index (χ3v) is 6.51. The summed E-state index contributed by atoms with van der Waals surface area (Å²) in [4.78, 5) is 0.343. The van der Waals surface area contributed by atoms with Crippen LogP contribution in [0.2, 0.25) is 0 Å². The van der Waals surface area contributed by atoms with E-state index in [1.54, 1.807) is 26.3 Å². The van der Waals surface area contributed by atoms with E-state index in [9.17, 15) is 8.42 Å². The lowest BCUT2D eigenvalue weighted by Crippen LogP contribution is -2.43. The fourth-order valence-corrected chi connectivity index (χ4v) is 4.78. The van der Waals surface area contributed by atoms with E-state index in [2.05, 4.69) is 5.32 Å². The number of nitrogens with one attached hydrogen (secondary N) is 1. The highest BCUT2D eigenvalue weighted by molar-refractivity contribution is 7.89. The minimum atomic E-state index is -3.54. The molecule has 0 amide bonds. The minimum Gasteiger partial charge on any atom is -0.496 e. The zero-order valence-corrected chi connectivity index (χ0v) is 15.5. The standard InChI is InChI=1S/C17H22N2O3S.ClH/c1-19(13-9-11-18-12-10-13)23(20,21)17-8-7-16(22-2)14-5-3-4-6-15(14)17;/h3-8,13,18H,9-12H2,1-2H3;1H. The van der Waals surface area contributed by atoms with E-state index < -0.39 is 10.0 Å². The molecular weight excluding hydrogens is 348 g/mol. The topological polar surface area (TPSA) is 58.6 Å². The van der Waals surface area contributed by atoms with Crippen LogP contribution >= 0.6 is 12.4 Å². The Kier molecular flexibility index (Phi) is 6.09. The van der Waals surface area contributed by atoms with Gasteiger partial charge >= 0.3 is 0 Å². The molecular formula is C17H23ClN2O3S. The van der Waals surface area contributed by atoms with Crippen LogP contribution in [0.3, 0.4) is 0 Å². The highest BCUT2D eigenvalue weighted by Gasteiger charge is 2.30. The summed E-state index contributed by atoms with van der Waals surface area (Å²) in [5.41, 5.74) is 0. The number of ether oxygens (including phenoxy) is 1. The van der Waals surface area contributed by atoms with Gasteiger partial charge in [-0.3, -0.25) is 0 Å². The lowest BCUT2D eigenvalue weighted by atomic mass is 10.1. The molecule has 0 spiro atoms. The maximum Gasteiger partial charge on any atom is 0.243 e. The summed E-state index contributed by atoms with van der Waals surface area (Å²) in [6.07, 6.45) is 1.67. The number of piperidine rings is 1. The molecule has 132 valence electrons. The van der Waals surface area contributed by atoms with E-state index in [-0.39, 0.29) is 18.4 Å². The van der Waals surface area contributed by atoms with Gasteiger partial charge in [0.05, 0.1) is 12.0 Å². The molecule has 2 aromatic rings. The Morgan fingerprint density at radius 3 is 2.33 bits per heavy atom. The normalized spacial score (nSPS) is 16.1. The van der Waals surface area contributed by atoms with Gasteiger partial charge in [-0.15, -0.1) is 12.4 Å². The van der Waals surface area contributed by atoms with Crippen LogP contribution in [-0.2, 0) is 10.0 Å². The molecule has 1 saturated heterocycles. The molecule has 0 atom stereocenters. The highest BCUT2D eigenvalue weighted by atomic mass is 35.5. The van der Waals surface area contributed by atoms with Crippen LogP contribution in [0.5, 0.6) is 5.75 Å². The van der Waals surface area contributed by atoms with Crippen LogP contribution in [0.4, 0.5) is 0 Å². The Morgan fingerprint density at radius 1 is 1.08 bits per heavy atom. The molecule has 1 N–H and O–H groups in total. The number of hydrogen-bond acceptors (Lipinski definition) is 4. The molecule has 7 heteroatoms. The maximum absolute atomic E-state index is 13.1. The Balaban J connectivity index is 0.00000208. The fraction of sp³-hybridized carbons (Fsp3) is 0.412. The van der Waals surface area contributed by atoms with Gasteiger partial charge in [-0.05, 0) is 38.1 Å². The van der Waals surface area contributed by atoms with Gasteiger partial charge < -0.3 is 10.1 Å². The molecule has 1 aliphatic rings. The first-order valence-corrected chi connectivity index (χ1v) is 9.24. The number of halogens is 1. The number of benzene rings is 2. The molecule has 0 bridgehead atoms. The molecule has 0 aromatic heterocycles. The second-order valence-electron chi connectivity index (χ2n) is 5.81. The van der Waals surface area contributed by atoms with E-state index in [0.717, 1.165) is 31.3 Å². The Bertz CT molecular complexity index is 805. The third kappa shape index (κ3) is 3.37. The minimum absolute atomic E-state index is 0.